The number of nitrogens with zero attached hydrogens (tertiary/aromatic N) is 2. The molecular formula is C14H15FN2O. The summed E-state index contributed by atoms with van der Waals surface area (Å²) in [6.07, 6.45) is 3.55. The second-order valence-electron chi connectivity index (χ2n) is 4.84. The Morgan fingerprint density at radius 1 is 1.39 bits per heavy atom. The first-order chi connectivity index (χ1) is 8.65. The maximum Gasteiger partial charge on any atom is 0.123 e. The number of hydrogen-bond acceptors (Lipinski definition) is 2. The fraction of sp³-hybridized carbons (Fsp3) is 0.357. The average Bonchev–Trinajstić information content (AvgIpc) is 3.08. The van der Waals surface area contributed by atoms with Crippen LogP contribution in [0.4, 0.5) is 4.39 Å². The molecule has 18 heavy (non-hydrogen) atoms. The number of aliphatic hydroxyl groups is 1. The Kier molecular flexibility index (Phi) is 2.67. The van der Waals surface area contributed by atoms with E-state index in [9.17, 15) is 9.50 Å². The molecule has 0 amide bonds. The first kappa shape index (κ1) is 11.4. The van der Waals surface area contributed by atoms with Crippen molar-refractivity contribution in [2.75, 3.05) is 0 Å². The van der Waals surface area contributed by atoms with Crippen molar-refractivity contribution in [2.24, 2.45) is 0 Å². The second kappa shape index (κ2) is 4.21. The van der Waals surface area contributed by atoms with Crippen LogP contribution >= 0.6 is 0 Å². The summed E-state index contributed by atoms with van der Waals surface area (Å²) in [5.74, 6) is 0.242. The lowest BCUT2D eigenvalue weighted by atomic mass is 10.1. The molecule has 2 aromatic rings. The molecule has 1 heterocycles. The summed E-state index contributed by atoms with van der Waals surface area (Å²) in [4.78, 5) is 0. The van der Waals surface area contributed by atoms with Gasteiger partial charge in [-0.1, -0.05) is 0 Å². The summed E-state index contributed by atoms with van der Waals surface area (Å²) in [6.45, 7) is 1.63. The van der Waals surface area contributed by atoms with Gasteiger partial charge in [0.25, 0.3) is 0 Å². The van der Waals surface area contributed by atoms with Gasteiger partial charge in [-0.3, -0.25) is 0 Å². The molecule has 0 bridgehead atoms. The van der Waals surface area contributed by atoms with Gasteiger partial charge < -0.3 is 5.11 Å². The van der Waals surface area contributed by atoms with E-state index in [1.54, 1.807) is 17.7 Å². The van der Waals surface area contributed by atoms with Gasteiger partial charge in [-0.25, -0.2) is 9.07 Å². The summed E-state index contributed by atoms with van der Waals surface area (Å²) in [7, 11) is 0. The zero-order valence-electron chi connectivity index (χ0n) is 10.2. The highest BCUT2D eigenvalue weighted by atomic mass is 19.1. The second-order valence-corrected chi connectivity index (χ2v) is 4.84. The van der Waals surface area contributed by atoms with Crippen molar-refractivity contribution in [3.8, 4) is 5.69 Å². The first-order valence-electron chi connectivity index (χ1n) is 6.18. The number of aliphatic hydroxyl groups excluding tert-OH is 1. The number of aromatic nitrogens is 2. The van der Waals surface area contributed by atoms with E-state index >= 15 is 0 Å². The van der Waals surface area contributed by atoms with E-state index in [0.717, 1.165) is 11.4 Å². The highest BCUT2D eigenvalue weighted by Crippen LogP contribution is 2.39. The van der Waals surface area contributed by atoms with Crippen molar-refractivity contribution in [3.05, 3.63) is 47.5 Å². The fourth-order valence-electron chi connectivity index (χ4n) is 2.14. The summed E-state index contributed by atoms with van der Waals surface area (Å²) in [5.41, 5.74) is 2.37. The minimum atomic E-state index is -0.718. The highest BCUT2D eigenvalue weighted by molar-refractivity contribution is 5.42. The molecule has 0 saturated heterocycles. The van der Waals surface area contributed by atoms with Gasteiger partial charge in [-0.2, -0.15) is 5.10 Å². The Labute approximate surface area is 105 Å². The summed E-state index contributed by atoms with van der Waals surface area (Å²) in [5, 5.41) is 14.2. The van der Waals surface area contributed by atoms with E-state index in [4.69, 9.17) is 0 Å². The van der Waals surface area contributed by atoms with Gasteiger partial charge in [0.05, 0.1) is 17.5 Å². The Morgan fingerprint density at radius 2 is 2.17 bits per heavy atom. The quantitative estimate of drug-likeness (QED) is 0.904. The Bertz CT molecular complexity index is 573. The van der Waals surface area contributed by atoms with E-state index in [1.165, 1.54) is 25.0 Å². The number of hydrogen-bond donors (Lipinski definition) is 1. The topological polar surface area (TPSA) is 38.0 Å². The monoisotopic (exact) mass is 246 g/mol. The summed E-state index contributed by atoms with van der Waals surface area (Å²) >= 11 is 0. The molecule has 1 saturated carbocycles. The molecule has 1 aromatic heterocycles. The Balaban J connectivity index is 2.03. The number of halogens is 1. The van der Waals surface area contributed by atoms with Crippen LogP contribution in [0.25, 0.3) is 5.69 Å². The van der Waals surface area contributed by atoms with E-state index in [0.29, 0.717) is 11.5 Å². The van der Waals surface area contributed by atoms with Crippen LogP contribution in [0, 0.1) is 5.82 Å². The first-order valence-corrected chi connectivity index (χ1v) is 6.18. The standard InChI is InChI=1S/C14H15FN2O/c1-9(18)12-8-11(15)4-5-14(12)17-7-6-13(16-17)10-2-3-10/h4-10,18H,2-3H2,1H3/t9-/m0/s1. The van der Waals surface area contributed by atoms with Gasteiger partial charge in [0, 0.05) is 17.7 Å². The molecule has 3 nitrogen and oxygen atoms in total. The van der Waals surface area contributed by atoms with Gasteiger partial charge in [0.1, 0.15) is 5.82 Å². The molecular weight excluding hydrogens is 231 g/mol. The molecule has 1 aliphatic rings. The highest BCUT2D eigenvalue weighted by Gasteiger charge is 2.26. The van der Waals surface area contributed by atoms with E-state index in [1.807, 2.05) is 12.3 Å². The van der Waals surface area contributed by atoms with Crippen LogP contribution in [0.1, 0.15) is 43.0 Å². The third-order valence-electron chi connectivity index (χ3n) is 3.29. The zero-order valence-corrected chi connectivity index (χ0v) is 10.2. The molecule has 3 rings (SSSR count). The largest absolute Gasteiger partial charge is 0.389 e. The van der Waals surface area contributed by atoms with Crippen LogP contribution in [-0.2, 0) is 0 Å². The van der Waals surface area contributed by atoms with Crippen molar-refractivity contribution in [2.45, 2.75) is 31.8 Å². The SMILES string of the molecule is C[C@H](O)c1cc(F)ccc1-n1ccc(C2CC2)n1. The molecule has 4 heteroatoms. The number of rotatable bonds is 3. The lowest BCUT2D eigenvalue weighted by Crippen LogP contribution is -2.04. The van der Waals surface area contributed by atoms with Gasteiger partial charge in [0.2, 0.25) is 0 Å². The van der Waals surface area contributed by atoms with Crippen LogP contribution in [0.15, 0.2) is 30.5 Å². The van der Waals surface area contributed by atoms with E-state index < -0.39 is 6.10 Å². The van der Waals surface area contributed by atoms with Gasteiger partial charge in [-0.05, 0) is 44.0 Å². The van der Waals surface area contributed by atoms with Crippen LogP contribution < -0.4 is 0 Å². The predicted octanol–water partition coefficient (Wildman–Crippen LogP) is 2.94. The molecule has 94 valence electrons. The molecule has 0 unspecified atom stereocenters. The van der Waals surface area contributed by atoms with Crippen LogP contribution in [0.5, 0.6) is 0 Å². The summed E-state index contributed by atoms with van der Waals surface area (Å²) in [6, 6.07) is 6.39. The van der Waals surface area contributed by atoms with Crippen LogP contribution in [0.3, 0.4) is 0 Å². The predicted molar refractivity (Wildman–Crippen MR) is 66.1 cm³/mol. The third kappa shape index (κ3) is 2.04. The zero-order chi connectivity index (χ0) is 12.7. The Hall–Kier alpha value is -1.68. The minimum Gasteiger partial charge on any atom is -0.389 e. The van der Waals surface area contributed by atoms with E-state index in [-0.39, 0.29) is 5.82 Å². The molecule has 1 atom stereocenters. The fourth-order valence-corrected chi connectivity index (χ4v) is 2.14. The lowest BCUT2D eigenvalue weighted by Gasteiger charge is -2.12. The van der Waals surface area contributed by atoms with Crippen LogP contribution in [-0.4, -0.2) is 14.9 Å². The molecule has 1 fully saturated rings. The third-order valence-corrected chi connectivity index (χ3v) is 3.29. The van der Waals surface area contributed by atoms with Gasteiger partial charge in [0.15, 0.2) is 0 Å². The number of benzene rings is 1. The summed E-state index contributed by atoms with van der Waals surface area (Å²) < 4.78 is 14.9. The van der Waals surface area contributed by atoms with Crippen molar-refractivity contribution in [3.63, 3.8) is 0 Å². The lowest BCUT2D eigenvalue weighted by molar-refractivity contribution is 0.198. The molecule has 0 radical (unpaired) electrons. The van der Waals surface area contributed by atoms with Crippen molar-refractivity contribution >= 4 is 0 Å². The Morgan fingerprint density at radius 3 is 2.83 bits per heavy atom. The average molecular weight is 246 g/mol. The molecule has 1 aliphatic carbocycles. The minimum absolute atomic E-state index is 0.343. The maximum absolute atomic E-state index is 13.2. The molecule has 1 N–H and O–H groups in total. The normalized spacial score (nSPS) is 16.8. The smallest absolute Gasteiger partial charge is 0.123 e. The van der Waals surface area contributed by atoms with Gasteiger partial charge >= 0.3 is 0 Å². The maximum atomic E-state index is 13.2. The van der Waals surface area contributed by atoms with Crippen molar-refractivity contribution < 1.29 is 9.50 Å². The van der Waals surface area contributed by atoms with Crippen molar-refractivity contribution in [1.29, 1.82) is 0 Å². The van der Waals surface area contributed by atoms with Gasteiger partial charge in [-0.15, -0.1) is 0 Å². The van der Waals surface area contributed by atoms with Crippen molar-refractivity contribution in [1.82, 2.24) is 9.78 Å². The van der Waals surface area contributed by atoms with Crippen LogP contribution in [0.2, 0.25) is 0 Å². The molecule has 1 aromatic carbocycles. The molecule has 0 spiro atoms. The van der Waals surface area contributed by atoms with E-state index in [2.05, 4.69) is 5.10 Å². The molecule has 0 aliphatic heterocycles.